The number of fused-ring (bicyclic) bond motifs is 6. The highest BCUT2D eigenvalue weighted by Gasteiger charge is 2.28. The third-order valence-corrected chi connectivity index (χ3v) is 9.31. The number of nitrogens with one attached hydrogen (secondary N) is 3. The van der Waals surface area contributed by atoms with Crippen LogP contribution < -0.4 is 21.7 Å². The van der Waals surface area contributed by atoms with Gasteiger partial charge in [0.1, 0.15) is 0 Å². The molecule has 4 heterocycles. The zero-order valence-corrected chi connectivity index (χ0v) is 30.5. The van der Waals surface area contributed by atoms with E-state index in [1.165, 1.54) is 0 Å². The van der Waals surface area contributed by atoms with E-state index in [1.54, 1.807) is 16.5 Å². The molecule has 0 bridgehead atoms. The van der Waals surface area contributed by atoms with E-state index >= 15 is 0 Å². The Morgan fingerprint density at radius 1 is 0.722 bits per heavy atom. The summed E-state index contributed by atoms with van der Waals surface area (Å²) in [5.41, 5.74) is 15.4. The molecule has 0 atom stereocenters. The molecule has 276 valence electrons. The van der Waals surface area contributed by atoms with Crippen LogP contribution in [0, 0.1) is 0 Å². The number of para-hydroxylation sites is 2. The summed E-state index contributed by atoms with van der Waals surface area (Å²) >= 11 is 0. The molecule has 0 unspecified atom stereocenters. The van der Waals surface area contributed by atoms with Crippen LogP contribution in [0.2, 0.25) is 0 Å². The monoisotopic (exact) mass is 726 g/mol. The minimum Gasteiger partial charge on any atom is -0.383 e. The van der Waals surface area contributed by atoms with Crippen LogP contribution in [0.1, 0.15) is 56.1 Å². The van der Waals surface area contributed by atoms with Crippen LogP contribution in [0.25, 0.3) is 22.8 Å². The maximum atomic E-state index is 12.6. The Bertz CT molecular complexity index is 2290. The maximum absolute atomic E-state index is 12.6. The van der Waals surface area contributed by atoms with Gasteiger partial charge in [0, 0.05) is 62.6 Å². The van der Waals surface area contributed by atoms with Crippen LogP contribution in [0.15, 0.2) is 73.1 Å². The lowest BCUT2D eigenvalue weighted by molar-refractivity contribution is 0.0929. The van der Waals surface area contributed by atoms with Gasteiger partial charge in [-0.3, -0.25) is 19.0 Å². The lowest BCUT2D eigenvalue weighted by atomic mass is 10.1. The highest BCUT2D eigenvalue weighted by atomic mass is 16.5. The summed E-state index contributed by atoms with van der Waals surface area (Å²) in [6.07, 6.45) is 8.77. The molecule has 0 saturated carbocycles. The van der Waals surface area contributed by atoms with Crippen LogP contribution >= 0.6 is 0 Å². The van der Waals surface area contributed by atoms with Crippen molar-refractivity contribution in [1.82, 2.24) is 44.8 Å². The van der Waals surface area contributed by atoms with Crippen molar-refractivity contribution in [3.05, 3.63) is 107 Å². The normalized spacial score (nSPS) is 12.7. The average Bonchev–Trinajstić information content (AvgIpc) is 3.52. The predicted octanol–water partition coefficient (Wildman–Crippen LogP) is 4.69. The Hall–Kier alpha value is -6.48. The van der Waals surface area contributed by atoms with Crippen LogP contribution in [0.3, 0.4) is 0 Å². The fourth-order valence-electron chi connectivity index (χ4n) is 6.85. The van der Waals surface area contributed by atoms with E-state index in [0.29, 0.717) is 36.4 Å². The molecule has 0 fully saturated rings. The van der Waals surface area contributed by atoms with Gasteiger partial charge >= 0.3 is 0 Å². The molecule has 15 heteroatoms. The predicted molar refractivity (Wildman–Crippen MR) is 205 cm³/mol. The van der Waals surface area contributed by atoms with Crippen LogP contribution in [-0.4, -0.2) is 71.6 Å². The van der Waals surface area contributed by atoms with Crippen LogP contribution in [0.4, 0.5) is 23.3 Å². The third-order valence-electron chi connectivity index (χ3n) is 9.31. The number of ether oxygens (including phenoxy) is 1. The summed E-state index contributed by atoms with van der Waals surface area (Å²) in [6, 6.07) is 19.6. The molecule has 0 saturated heterocycles. The Morgan fingerprint density at radius 2 is 1.20 bits per heavy atom. The number of aromatic nitrogens is 8. The summed E-state index contributed by atoms with van der Waals surface area (Å²) in [5.74, 6) is 0.353. The molecule has 2 amide bonds. The summed E-state index contributed by atoms with van der Waals surface area (Å²) < 4.78 is 8.46. The van der Waals surface area contributed by atoms with Crippen molar-refractivity contribution in [2.75, 3.05) is 30.9 Å². The molecule has 0 aliphatic heterocycles. The number of amides is 2. The van der Waals surface area contributed by atoms with Crippen molar-refractivity contribution < 1.29 is 14.3 Å². The van der Waals surface area contributed by atoms with E-state index < -0.39 is 5.91 Å². The number of rotatable bonds is 9. The molecule has 0 spiro atoms. The summed E-state index contributed by atoms with van der Waals surface area (Å²) in [4.78, 5) is 42.8. The Kier molecular flexibility index (Phi) is 10.7. The molecule has 8 rings (SSSR count). The average molecular weight is 727 g/mol. The molecule has 4 aromatic heterocycles. The quantitative estimate of drug-likeness (QED) is 0.151. The molecule has 2 aliphatic carbocycles. The zero-order valence-electron chi connectivity index (χ0n) is 30.5. The smallest absolute Gasteiger partial charge is 0.272 e. The number of aryl methyl sites for hydroxylation is 4. The van der Waals surface area contributed by atoms with Crippen molar-refractivity contribution >= 4 is 35.1 Å². The van der Waals surface area contributed by atoms with E-state index in [4.69, 9.17) is 20.4 Å². The molecule has 54 heavy (non-hydrogen) atoms. The Labute approximate surface area is 312 Å². The number of nitrogens with two attached hydrogens (primary N) is 1. The van der Waals surface area contributed by atoms with Crippen molar-refractivity contribution in [3.63, 3.8) is 0 Å². The minimum absolute atomic E-state index is 0.181. The van der Waals surface area contributed by atoms with E-state index in [-0.39, 0.29) is 5.91 Å². The Morgan fingerprint density at radius 3 is 1.69 bits per heavy atom. The number of anilines is 4. The minimum atomic E-state index is -0.503. The number of primary amides is 1. The van der Waals surface area contributed by atoms with Crippen LogP contribution in [0.5, 0.6) is 0 Å². The number of carbonyl (C=O) groups excluding carboxylic acids is 2. The molecule has 6 aromatic rings. The first-order chi connectivity index (χ1) is 26.3. The number of hydrogen-bond donors (Lipinski definition) is 4. The van der Waals surface area contributed by atoms with E-state index in [2.05, 4.69) is 36.1 Å². The van der Waals surface area contributed by atoms with Gasteiger partial charge in [0.25, 0.3) is 11.8 Å². The van der Waals surface area contributed by atoms with E-state index in [9.17, 15) is 9.59 Å². The standard InChI is InChI=1S/C21H24N6O2.C18H18N6O/c1-27-19-16(18(26-27)20(28)22-11-12-29-2)10-6-7-14-13-23-21(25-17(14)19)24-15-8-4-3-5-9-15;1-24-16-13(15(23-24)17(19)25)9-5-6-11-10-20-18(22-14(11)16)21-12-7-3-2-4-8-12/h3-5,8-9,13H,6-7,10-12H2,1-2H3,(H,22,28)(H,23,24,25);2-4,7-8,10H,5-6,9H2,1H3,(H2,19,25)(H,20,21,22). The van der Waals surface area contributed by atoms with E-state index in [1.807, 2.05) is 87.2 Å². The summed E-state index contributed by atoms with van der Waals surface area (Å²) in [6.45, 7) is 0.913. The second kappa shape index (κ2) is 16.0. The van der Waals surface area contributed by atoms with Gasteiger partial charge in [0.2, 0.25) is 11.9 Å². The first-order valence-corrected chi connectivity index (χ1v) is 17.9. The van der Waals surface area contributed by atoms with Gasteiger partial charge in [-0.1, -0.05) is 36.4 Å². The number of nitrogens with zero attached hydrogens (tertiary/aromatic N) is 8. The summed E-state index contributed by atoms with van der Waals surface area (Å²) in [5, 5.41) is 18.1. The molecular formula is C39H42N12O3. The largest absolute Gasteiger partial charge is 0.383 e. The maximum Gasteiger partial charge on any atom is 0.272 e. The van der Waals surface area contributed by atoms with Crippen molar-refractivity contribution in [1.29, 1.82) is 0 Å². The van der Waals surface area contributed by atoms with Gasteiger partial charge in [-0.2, -0.15) is 10.2 Å². The lowest BCUT2D eigenvalue weighted by Gasteiger charge is -2.10. The lowest BCUT2D eigenvalue weighted by Crippen LogP contribution is -2.28. The number of carbonyl (C=O) groups is 2. The topological polar surface area (TPSA) is 193 Å². The fraction of sp³-hybridized carbons (Fsp3) is 0.282. The molecular weight excluding hydrogens is 685 g/mol. The van der Waals surface area contributed by atoms with Gasteiger partial charge in [-0.15, -0.1) is 0 Å². The second-order valence-corrected chi connectivity index (χ2v) is 13.0. The second-order valence-electron chi connectivity index (χ2n) is 13.0. The molecule has 2 aliphatic rings. The van der Waals surface area contributed by atoms with Crippen molar-refractivity contribution in [3.8, 4) is 22.8 Å². The van der Waals surface area contributed by atoms with Gasteiger partial charge in [0.05, 0.1) is 29.4 Å². The number of hydrogen-bond acceptors (Lipinski definition) is 11. The number of methoxy groups -OCH3 is 1. The first-order valence-electron chi connectivity index (χ1n) is 17.9. The highest BCUT2D eigenvalue weighted by Crippen LogP contribution is 2.35. The molecule has 5 N–H and O–H groups in total. The van der Waals surface area contributed by atoms with Gasteiger partial charge < -0.3 is 26.4 Å². The van der Waals surface area contributed by atoms with Gasteiger partial charge in [-0.05, 0) is 73.9 Å². The fourth-order valence-corrected chi connectivity index (χ4v) is 6.85. The Balaban J connectivity index is 0.000000168. The molecule has 15 nitrogen and oxygen atoms in total. The van der Waals surface area contributed by atoms with Gasteiger partial charge in [0.15, 0.2) is 11.4 Å². The van der Waals surface area contributed by atoms with Crippen molar-refractivity contribution in [2.45, 2.75) is 38.5 Å². The third kappa shape index (κ3) is 7.66. The zero-order chi connectivity index (χ0) is 37.6. The highest BCUT2D eigenvalue weighted by molar-refractivity contribution is 5.96. The van der Waals surface area contributed by atoms with Gasteiger partial charge in [-0.25, -0.2) is 19.9 Å². The molecule has 0 radical (unpaired) electrons. The van der Waals surface area contributed by atoms with Crippen LogP contribution in [-0.2, 0) is 44.5 Å². The van der Waals surface area contributed by atoms with Crippen molar-refractivity contribution in [2.24, 2.45) is 19.8 Å². The molecule has 2 aromatic carbocycles. The SMILES string of the molecule is COCCNC(=O)c1nn(C)c2c1CCCc1cnc(Nc3ccccc3)nc1-2.Cn1nc(C(N)=O)c2c1-c1nc(Nc3ccccc3)ncc1CCC2. The summed E-state index contributed by atoms with van der Waals surface area (Å²) in [7, 11) is 5.27. The number of benzene rings is 2. The van der Waals surface area contributed by atoms with E-state index in [0.717, 1.165) is 94.9 Å². The first kappa shape index (κ1) is 35.9.